The fourth-order valence-corrected chi connectivity index (χ4v) is 2.86. The molecule has 1 atom stereocenters. The Balaban J connectivity index is 2.25. The van der Waals surface area contributed by atoms with Crippen LogP contribution >= 0.6 is 0 Å². The van der Waals surface area contributed by atoms with Crippen LogP contribution in [0.4, 0.5) is 11.4 Å². The van der Waals surface area contributed by atoms with Crippen molar-refractivity contribution in [2.24, 2.45) is 11.7 Å². The highest BCUT2D eigenvalue weighted by molar-refractivity contribution is 6.00. The van der Waals surface area contributed by atoms with Gasteiger partial charge in [-0.1, -0.05) is 0 Å². The van der Waals surface area contributed by atoms with Gasteiger partial charge in [0.05, 0.1) is 5.92 Å². The lowest BCUT2D eigenvalue weighted by molar-refractivity contribution is -0.123. The number of hydrogen-bond donors (Lipinski definition) is 1. The van der Waals surface area contributed by atoms with Gasteiger partial charge in [0.25, 0.3) is 0 Å². The van der Waals surface area contributed by atoms with Crippen LogP contribution in [0.15, 0.2) is 18.2 Å². The van der Waals surface area contributed by atoms with Crippen LogP contribution in [-0.4, -0.2) is 31.4 Å². The number of hydrogen-bond acceptors (Lipinski definition) is 3. The summed E-state index contributed by atoms with van der Waals surface area (Å²) in [5, 5.41) is 0. The molecule has 1 aromatic rings. The van der Waals surface area contributed by atoms with Crippen LogP contribution in [0, 0.1) is 12.8 Å². The number of benzene rings is 1. The number of anilines is 2. The summed E-state index contributed by atoms with van der Waals surface area (Å²) < 4.78 is 0. The van der Waals surface area contributed by atoms with Crippen molar-refractivity contribution in [3.8, 4) is 0 Å². The number of primary amides is 1. The van der Waals surface area contributed by atoms with Gasteiger partial charge in [-0.25, -0.2) is 0 Å². The third kappa shape index (κ3) is 3.01. The molecule has 2 rings (SSSR count). The highest BCUT2D eigenvalue weighted by Gasteiger charge is 2.34. The van der Waals surface area contributed by atoms with E-state index < -0.39 is 5.91 Å². The number of aryl methyl sites for hydroxylation is 1. The zero-order valence-corrected chi connectivity index (χ0v) is 12.9. The maximum atomic E-state index is 12.1. The summed E-state index contributed by atoms with van der Waals surface area (Å²) in [6, 6.07) is 6.08. The second-order valence-corrected chi connectivity index (χ2v) is 5.45. The average molecular weight is 289 g/mol. The first-order valence-electron chi connectivity index (χ1n) is 7.43. The van der Waals surface area contributed by atoms with Crippen molar-refractivity contribution < 1.29 is 9.59 Å². The SMILES string of the molecule is CCN(CC)c1ccc(N2C[C@H](C(N)=O)CC2=O)c(C)c1. The predicted molar refractivity (Wildman–Crippen MR) is 84.4 cm³/mol. The van der Waals surface area contributed by atoms with E-state index in [4.69, 9.17) is 5.73 Å². The van der Waals surface area contributed by atoms with Gasteiger partial charge in [0, 0.05) is 37.4 Å². The van der Waals surface area contributed by atoms with E-state index in [-0.39, 0.29) is 18.2 Å². The Labute approximate surface area is 125 Å². The molecule has 21 heavy (non-hydrogen) atoms. The molecule has 1 aliphatic rings. The molecule has 114 valence electrons. The Kier molecular flexibility index (Phi) is 4.50. The highest BCUT2D eigenvalue weighted by atomic mass is 16.2. The summed E-state index contributed by atoms with van der Waals surface area (Å²) in [4.78, 5) is 27.3. The first-order valence-corrected chi connectivity index (χ1v) is 7.43. The monoisotopic (exact) mass is 289 g/mol. The van der Waals surface area contributed by atoms with E-state index >= 15 is 0 Å². The molecule has 5 heteroatoms. The predicted octanol–water partition coefficient (Wildman–Crippen LogP) is 1.68. The van der Waals surface area contributed by atoms with Gasteiger partial charge in [0.15, 0.2) is 0 Å². The van der Waals surface area contributed by atoms with Crippen LogP contribution in [0.2, 0.25) is 0 Å². The van der Waals surface area contributed by atoms with E-state index in [1.165, 1.54) is 0 Å². The van der Waals surface area contributed by atoms with Crippen molar-refractivity contribution in [1.82, 2.24) is 0 Å². The number of nitrogens with two attached hydrogens (primary N) is 1. The molecule has 1 saturated heterocycles. The first-order chi connectivity index (χ1) is 9.97. The minimum absolute atomic E-state index is 0.0301. The Morgan fingerprint density at radius 2 is 2.05 bits per heavy atom. The maximum Gasteiger partial charge on any atom is 0.227 e. The smallest absolute Gasteiger partial charge is 0.227 e. The van der Waals surface area contributed by atoms with Crippen LogP contribution in [0.5, 0.6) is 0 Å². The topological polar surface area (TPSA) is 66.6 Å². The number of rotatable bonds is 5. The molecule has 0 bridgehead atoms. The van der Waals surface area contributed by atoms with Crippen molar-refractivity contribution in [3.05, 3.63) is 23.8 Å². The lowest BCUT2D eigenvalue weighted by Crippen LogP contribution is -2.29. The average Bonchev–Trinajstić information content (AvgIpc) is 2.83. The van der Waals surface area contributed by atoms with Crippen molar-refractivity contribution in [3.63, 3.8) is 0 Å². The standard InChI is InChI=1S/C16H23N3O2/c1-4-18(5-2)13-6-7-14(11(3)8-13)19-10-12(16(17)21)9-15(19)20/h6-8,12H,4-5,9-10H2,1-3H3,(H2,17,21)/t12-/m1/s1. The van der Waals surface area contributed by atoms with Crippen LogP contribution in [-0.2, 0) is 9.59 Å². The Bertz CT molecular complexity index is 552. The molecule has 1 fully saturated rings. The van der Waals surface area contributed by atoms with E-state index in [1.54, 1.807) is 4.90 Å². The molecule has 0 aliphatic carbocycles. The van der Waals surface area contributed by atoms with Crippen molar-refractivity contribution >= 4 is 23.2 Å². The first kappa shape index (κ1) is 15.4. The molecule has 1 aliphatic heterocycles. The molecule has 0 radical (unpaired) electrons. The van der Waals surface area contributed by atoms with Crippen LogP contribution in [0.1, 0.15) is 25.8 Å². The van der Waals surface area contributed by atoms with Crippen LogP contribution in [0.25, 0.3) is 0 Å². The molecule has 0 unspecified atom stereocenters. The number of carbonyl (C=O) groups excluding carboxylic acids is 2. The zero-order valence-electron chi connectivity index (χ0n) is 12.9. The third-order valence-electron chi connectivity index (χ3n) is 4.13. The van der Waals surface area contributed by atoms with Crippen molar-refractivity contribution in [1.29, 1.82) is 0 Å². The zero-order chi connectivity index (χ0) is 15.6. The summed E-state index contributed by atoms with van der Waals surface area (Å²) in [6.07, 6.45) is 0.215. The molecular weight excluding hydrogens is 266 g/mol. The molecule has 1 aromatic carbocycles. The van der Waals surface area contributed by atoms with Crippen molar-refractivity contribution in [2.75, 3.05) is 29.4 Å². The molecule has 2 N–H and O–H groups in total. The molecule has 0 spiro atoms. The lowest BCUT2D eigenvalue weighted by atomic mass is 10.1. The Hall–Kier alpha value is -2.04. The normalized spacial score (nSPS) is 18.1. The molecule has 5 nitrogen and oxygen atoms in total. The number of carbonyl (C=O) groups is 2. The highest BCUT2D eigenvalue weighted by Crippen LogP contribution is 2.30. The summed E-state index contributed by atoms with van der Waals surface area (Å²) >= 11 is 0. The summed E-state index contributed by atoms with van der Waals surface area (Å²) in [6.45, 7) is 8.51. The fraction of sp³-hybridized carbons (Fsp3) is 0.500. The molecule has 2 amide bonds. The second kappa shape index (κ2) is 6.16. The van der Waals surface area contributed by atoms with E-state index in [2.05, 4.69) is 24.8 Å². The molecular formula is C16H23N3O2. The van der Waals surface area contributed by atoms with Crippen LogP contribution in [0.3, 0.4) is 0 Å². The van der Waals surface area contributed by atoms with Gasteiger partial charge in [-0.15, -0.1) is 0 Å². The van der Waals surface area contributed by atoms with E-state index in [9.17, 15) is 9.59 Å². The van der Waals surface area contributed by atoms with E-state index in [1.807, 2.05) is 19.1 Å². The fourth-order valence-electron chi connectivity index (χ4n) is 2.86. The minimum atomic E-state index is -0.400. The summed E-state index contributed by atoms with van der Waals surface area (Å²) in [5.41, 5.74) is 8.38. The Morgan fingerprint density at radius 3 is 2.52 bits per heavy atom. The largest absolute Gasteiger partial charge is 0.372 e. The minimum Gasteiger partial charge on any atom is -0.372 e. The van der Waals surface area contributed by atoms with Crippen LogP contribution < -0.4 is 15.5 Å². The van der Waals surface area contributed by atoms with Gasteiger partial charge in [0.2, 0.25) is 11.8 Å². The lowest BCUT2D eigenvalue weighted by Gasteiger charge is -2.24. The number of amides is 2. The van der Waals surface area contributed by atoms with Gasteiger partial charge in [0.1, 0.15) is 0 Å². The van der Waals surface area contributed by atoms with Gasteiger partial charge >= 0.3 is 0 Å². The Morgan fingerprint density at radius 1 is 1.38 bits per heavy atom. The quantitative estimate of drug-likeness (QED) is 0.897. The second-order valence-electron chi connectivity index (χ2n) is 5.45. The molecule has 1 heterocycles. The summed E-state index contributed by atoms with van der Waals surface area (Å²) in [7, 11) is 0. The number of nitrogens with zero attached hydrogens (tertiary/aromatic N) is 2. The van der Waals surface area contributed by atoms with Gasteiger partial charge in [-0.2, -0.15) is 0 Å². The van der Waals surface area contributed by atoms with Gasteiger partial charge in [-0.05, 0) is 44.5 Å². The van der Waals surface area contributed by atoms with Gasteiger partial charge < -0.3 is 15.5 Å². The van der Waals surface area contributed by atoms with E-state index in [0.717, 1.165) is 30.0 Å². The van der Waals surface area contributed by atoms with E-state index in [0.29, 0.717) is 6.54 Å². The van der Waals surface area contributed by atoms with Gasteiger partial charge in [-0.3, -0.25) is 9.59 Å². The van der Waals surface area contributed by atoms with Crippen molar-refractivity contribution in [2.45, 2.75) is 27.2 Å². The molecule has 0 aromatic heterocycles. The molecule has 0 saturated carbocycles. The summed E-state index contributed by atoms with van der Waals surface area (Å²) in [5.74, 6) is -0.805. The maximum absolute atomic E-state index is 12.1. The third-order valence-corrected chi connectivity index (χ3v) is 4.13.